The van der Waals surface area contributed by atoms with E-state index in [0.29, 0.717) is 6.04 Å². The summed E-state index contributed by atoms with van der Waals surface area (Å²) in [6.07, 6.45) is 1.18. The summed E-state index contributed by atoms with van der Waals surface area (Å²) in [5.41, 5.74) is 4.11. The molecule has 2 heterocycles. The van der Waals surface area contributed by atoms with E-state index in [9.17, 15) is 0 Å². The normalized spacial score (nSPS) is 15.7. The molecule has 0 fully saturated rings. The van der Waals surface area contributed by atoms with Crippen LogP contribution >= 0.6 is 35.3 Å². The minimum Gasteiger partial charge on any atom is -0.355 e. The van der Waals surface area contributed by atoms with Gasteiger partial charge in [0.2, 0.25) is 0 Å². The number of fused-ring (bicyclic) bond motifs is 1. The summed E-state index contributed by atoms with van der Waals surface area (Å²) < 4.78 is 0. The van der Waals surface area contributed by atoms with Crippen LogP contribution in [0.2, 0.25) is 0 Å². The number of hydrogen-bond donors (Lipinski definition) is 2. The van der Waals surface area contributed by atoms with Gasteiger partial charge in [0, 0.05) is 44.1 Å². The molecular formula is C20H29IN4S. The predicted octanol–water partition coefficient (Wildman–Crippen LogP) is 3.79. The topological polar surface area (TPSA) is 39.7 Å². The summed E-state index contributed by atoms with van der Waals surface area (Å²) in [7, 11) is 1.83. The maximum atomic E-state index is 4.36. The van der Waals surface area contributed by atoms with Crippen molar-refractivity contribution in [2.45, 2.75) is 39.4 Å². The van der Waals surface area contributed by atoms with Crippen molar-refractivity contribution >= 4 is 41.3 Å². The average molecular weight is 484 g/mol. The van der Waals surface area contributed by atoms with Crippen LogP contribution in [0.3, 0.4) is 0 Å². The van der Waals surface area contributed by atoms with Crippen molar-refractivity contribution in [3.63, 3.8) is 0 Å². The molecule has 0 spiro atoms. The third kappa shape index (κ3) is 5.44. The Morgan fingerprint density at radius 3 is 2.85 bits per heavy atom. The molecule has 6 heteroatoms. The number of benzene rings is 1. The van der Waals surface area contributed by atoms with Crippen LogP contribution in [0.15, 0.2) is 40.7 Å². The van der Waals surface area contributed by atoms with Crippen LogP contribution in [-0.2, 0) is 19.5 Å². The lowest BCUT2D eigenvalue weighted by Gasteiger charge is -2.32. The van der Waals surface area contributed by atoms with Gasteiger partial charge in [0.1, 0.15) is 0 Å². The fourth-order valence-electron chi connectivity index (χ4n) is 3.23. The Balaban J connectivity index is 0.00000243. The summed E-state index contributed by atoms with van der Waals surface area (Å²) in [4.78, 5) is 8.47. The fraction of sp³-hybridized carbons (Fsp3) is 0.450. The van der Waals surface area contributed by atoms with Gasteiger partial charge in [-0.3, -0.25) is 9.89 Å². The number of guanidine groups is 1. The second-order valence-corrected chi connectivity index (χ2v) is 7.67. The standard InChI is InChI=1S/C20H28N4S.HI/c1-15-6-4-5-7-17(15)13-23-20(21-3)22-12-16(2)24-10-8-19-18(14-24)9-11-25-19;/h4-7,9,11,16H,8,10,12-14H2,1-3H3,(H2,21,22,23);1H. The Morgan fingerprint density at radius 2 is 2.08 bits per heavy atom. The maximum Gasteiger partial charge on any atom is 0.191 e. The van der Waals surface area contributed by atoms with Gasteiger partial charge < -0.3 is 10.6 Å². The van der Waals surface area contributed by atoms with Gasteiger partial charge in [-0.25, -0.2) is 0 Å². The molecule has 2 aromatic rings. The zero-order valence-electron chi connectivity index (χ0n) is 15.8. The molecule has 3 rings (SSSR count). The molecule has 1 aromatic carbocycles. The van der Waals surface area contributed by atoms with Gasteiger partial charge in [0.15, 0.2) is 5.96 Å². The smallest absolute Gasteiger partial charge is 0.191 e. The Labute approximate surface area is 178 Å². The molecule has 1 aromatic heterocycles. The highest BCUT2D eigenvalue weighted by Gasteiger charge is 2.21. The van der Waals surface area contributed by atoms with Gasteiger partial charge in [0.05, 0.1) is 0 Å². The molecule has 1 aliphatic rings. The number of nitrogens with zero attached hydrogens (tertiary/aromatic N) is 2. The summed E-state index contributed by atoms with van der Waals surface area (Å²) in [5, 5.41) is 9.11. The minimum atomic E-state index is 0. The first-order valence-electron chi connectivity index (χ1n) is 8.95. The second-order valence-electron chi connectivity index (χ2n) is 6.67. The minimum absolute atomic E-state index is 0. The third-order valence-electron chi connectivity index (χ3n) is 4.96. The van der Waals surface area contributed by atoms with Crippen molar-refractivity contribution in [3.8, 4) is 0 Å². The molecule has 0 amide bonds. The molecule has 1 aliphatic heterocycles. The summed E-state index contributed by atoms with van der Waals surface area (Å²) in [6.45, 7) is 8.33. The van der Waals surface area contributed by atoms with Crippen molar-refractivity contribution < 1.29 is 0 Å². The summed E-state index contributed by atoms with van der Waals surface area (Å²) in [6, 6.07) is 11.2. The highest BCUT2D eigenvalue weighted by molar-refractivity contribution is 14.0. The molecule has 26 heavy (non-hydrogen) atoms. The third-order valence-corrected chi connectivity index (χ3v) is 5.98. The van der Waals surface area contributed by atoms with E-state index >= 15 is 0 Å². The van der Waals surface area contributed by atoms with Crippen molar-refractivity contribution in [1.29, 1.82) is 0 Å². The van der Waals surface area contributed by atoms with Crippen molar-refractivity contribution in [2.24, 2.45) is 4.99 Å². The quantitative estimate of drug-likeness (QED) is 0.386. The van der Waals surface area contributed by atoms with Gasteiger partial charge in [-0.15, -0.1) is 35.3 Å². The number of hydrogen-bond acceptors (Lipinski definition) is 3. The van der Waals surface area contributed by atoms with Gasteiger partial charge in [0.25, 0.3) is 0 Å². The zero-order chi connectivity index (χ0) is 17.6. The van der Waals surface area contributed by atoms with Crippen molar-refractivity contribution in [1.82, 2.24) is 15.5 Å². The van der Waals surface area contributed by atoms with E-state index in [1.54, 1.807) is 4.88 Å². The zero-order valence-corrected chi connectivity index (χ0v) is 18.9. The molecule has 4 nitrogen and oxygen atoms in total. The summed E-state index contributed by atoms with van der Waals surface area (Å²) in [5.74, 6) is 0.864. The number of thiophene rings is 1. The van der Waals surface area contributed by atoms with E-state index in [-0.39, 0.29) is 24.0 Å². The Hall–Kier alpha value is -1.12. The first-order chi connectivity index (χ1) is 12.2. The maximum absolute atomic E-state index is 4.36. The first kappa shape index (κ1) is 21.2. The largest absolute Gasteiger partial charge is 0.355 e. The van der Waals surface area contributed by atoms with Crippen molar-refractivity contribution in [3.05, 3.63) is 57.3 Å². The van der Waals surface area contributed by atoms with E-state index in [2.05, 4.69) is 70.1 Å². The van der Waals surface area contributed by atoms with Crippen LogP contribution in [0, 0.1) is 6.92 Å². The van der Waals surface area contributed by atoms with Crippen molar-refractivity contribution in [2.75, 3.05) is 20.1 Å². The van der Waals surface area contributed by atoms with Gasteiger partial charge >= 0.3 is 0 Å². The molecule has 1 atom stereocenters. The van der Waals surface area contributed by atoms with E-state index in [1.165, 1.54) is 23.1 Å². The molecule has 0 saturated heterocycles. The Bertz CT molecular complexity index is 728. The fourth-order valence-corrected chi connectivity index (χ4v) is 4.12. The van der Waals surface area contributed by atoms with Crippen LogP contribution in [-0.4, -0.2) is 37.0 Å². The van der Waals surface area contributed by atoms with Crippen LogP contribution in [0.1, 0.15) is 28.5 Å². The van der Waals surface area contributed by atoms with Crippen LogP contribution < -0.4 is 10.6 Å². The SMILES string of the molecule is CN=C(NCc1ccccc1C)NCC(C)N1CCc2sccc2C1.I. The number of aliphatic imine (C=N–C) groups is 1. The first-order valence-corrected chi connectivity index (χ1v) is 9.83. The Morgan fingerprint density at radius 1 is 1.27 bits per heavy atom. The molecule has 0 radical (unpaired) electrons. The van der Waals surface area contributed by atoms with Crippen LogP contribution in [0.5, 0.6) is 0 Å². The molecular weight excluding hydrogens is 455 g/mol. The predicted molar refractivity (Wildman–Crippen MR) is 123 cm³/mol. The monoisotopic (exact) mass is 484 g/mol. The lowest BCUT2D eigenvalue weighted by atomic mass is 10.1. The second kappa shape index (κ2) is 10.3. The summed E-state index contributed by atoms with van der Waals surface area (Å²) >= 11 is 1.90. The number of halogens is 1. The lowest BCUT2D eigenvalue weighted by molar-refractivity contribution is 0.192. The molecule has 2 N–H and O–H groups in total. The Kier molecular flexibility index (Phi) is 8.37. The highest BCUT2D eigenvalue weighted by atomic mass is 127. The van der Waals surface area contributed by atoms with E-state index < -0.39 is 0 Å². The van der Waals surface area contributed by atoms with Gasteiger partial charge in [-0.2, -0.15) is 0 Å². The van der Waals surface area contributed by atoms with Crippen LogP contribution in [0.4, 0.5) is 0 Å². The lowest BCUT2D eigenvalue weighted by Crippen LogP contribution is -2.47. The number of aryl methyl sites for hydroxylation is 1. The van der Waals surface area contributed by atoms with Gasteiger partial charge in [-0.05, 0) is 48.4 Å². The molecule has 0 bridgehead atoms. The molecule has 1 unspecified atom stereocenters. The number of rotatable bonds is 5. The molecule has 0 saturated carbocycles. The molecule has 0 aliphatic carbocycles. The van der Waals surface area contributed by atoms with E-state index in [4.69, 9.17) is 0 Å². The van der Waals surface area contributed by atoms with E-state index in [0.717, 1.165) is 32.1 Å². The van der Waals surface area contributed by atoms with E-state index in [1.807, 2.05) is 18.4 Å². The van der Waals surface area contributed by atoms with Crippen LogP contribution in [0.25, 0.3) is 0 Å². The van der Waals surface area contributed by atoms with Gasteiger partial charge in [-0.1, -0.05) is 24.3 Å². The molecule has 142 valence electrons. The average Bonchev–Trinajstić information content (AvgIpc) is 3.10. The highest BCUT2D eigenvalue weighted by Crippen LogP contribution is 2.24. The number of nitrogens with one attached hydrogen (secondary N) is 2.